The van der Waals surface area contributed by atoms with Gasteiger partial charge in [0.25, 0.3) is 0 Å². The molecule has 0 aromatic heterocycles. The van der Waals surface area contributed by atoms with Crippen LogP contribution in [0.5, 0.6) is 0 Å². The summed E-state index contributed by atoms with van der Waals surface area (Å²) >= 11 is 1.74. The van der Waals surface area contributed by atoms with Gasteiger partial charge in [0.15, 0.2) is 6.29 Å². The highest BCUT2D eigenvalue weighted by molar-refractivity contribution is 7.98. The van der Waals surface area contributed by atoms with Gasteiger partial charge in [0.1, 0.15) is 0 Å². The monoisotopic (exact) mass is 164 g/mol. The van der Waals surface area contributed by atoms with Crippen molar-refractivity contribution in [2.24, 2.45) is 0 Å². The molecule has 0 aromatic carbocycles. The zero-order valence-electron chi connectivity index (χ0n) is 6.92. The quantitative estimate of drug-likeness (QED) is 0.557. The van der Waals surface area contributed by atoms with Gasteiger partial charge in [-0.25, -0.2) is 0 Å². The minimum absolute atomic E-state index is 0.00926. The molecule has 0 aliphatic carbocycles. The van der Waals surface area contributed by atoms with Crippen molar-refractivity contribution in [3.8, 4) is 0 Å². The van der Waals surface area contributed by atoms with Gasteiger partial charge >= 0.3 is 0 Å². The summed E-state index contributed by atoms with van der Waals surface area (Å²) in [4.78, 5) is 0. The second-order valence-electron chi connectivity index (χ2n) is 1.80. The van der Waals surface area contributed by atoms with E-state index < -0.39 is 0 Å². The maximum absolute atomic E-state index is 5.28. The van der Waals surface area contributed by atoms with Crippen molar-refractivity contribution in [1.29, 1.82) is 0 Å². The highest BCUT2D eigenvalue weighted by atomic mass is 32.2. The Labute approximate surface area is 67.3 Å². The molecule has 0 aliphatic rings. The van der Waals surface area contributed by atoms with Crippen molar-refractivity contribution in [1.82, 2.24) is 0 Å². The molecule has 0 bridgehead atoms. The summed E-state index contributed by atoms with van der Waals surface area (Å²) in [5, 5.41) is 0. The molecule has 0 saturated heterocycles. The summed E-state index contributed by atoms with van der Waals surface area (Å²) in [5.41, 5.74) is 0. The summed E-state index contributed by atoms with van der Waals surface area (Å²) in [5.74, 6) is 0.918. The standard InChI is InChI=1S/C7H16O2S/c1-4-8-7(6-10-3)9-5-2/h7H,4-6H2,1-3H3. The number of hydrogen-bond donors (Lipinski definition) is 0. The van der Waals surface area contributed by atoms with Crippen LogP contribution in [0.4, 0.5) is 0 Å². The Morgan fingerprint density at radius 1 is 1.20 bits per heavy atom. The van der Waals surface area contributed by atoms with E-state index in [-0.39, 0.29) is 6.29 Å². The van der Waals surface area contributed by atoms with E-state index in [1.807, 2.05) is 20.1 Å². The molecule has 2 nitrogen and oxygen atoms in total. The van der Waals surface area contributed by atoms with Crippen LogP contribution < -0.4 is 0 Å². The lowest BCUT2D eigenvalue weighted by atomic mass is 10.7. The maximum atomic E-state index is 5.28. The topological polar surface area (TPSA) is 18.5 Å². The molecule has 0 unspecified atom stereocenters. The minimum Gasteiger partial charge on any atom is -0.352 e. The Balaban J connectivity index is 3.30. The molecule has 0 N–H and O–H groups in total. The summed E-state index contributed by atoms with van der Waals surface area (Å²) in [6, 6.07) is 0. The van der Waals surface area contributed by atoms with Crippen LogP contribution in [0.1, 0.15) is 13.8 Å². The van der Waals surface area contributed by atoms with E-state index in [1.165, 1.54) is 0 Å². The second kappa shape index (κ2) is 7.38. The van der Waals surface area contributed by atoms with E-state index in [4.69, 9.17) is 9.47 Å². The third kappa shape index (κ3) is 5.09. The molecule has 0 radical (unpaired) electrons. The maximum Gasteiger partial charge on any atom is 0.166 e. The molecule has 62 valence electrons. The average molecular weight is 164 g/mol. The fourth-order valence-corrected chi connectivity index (χ4v) is 1.12. The van der Waals surface area contributed by atoms with Crippen molar-refractivity contribution in [2.75, 3.05) is 25.2 Å². The SMILES string of the molecule is CCOC(CSC)OCC. The Kier molecular flexibility index (Phi) is 7.58. The Morgan fingerprint density at radius 2 is 1.70 bits per heavy atom. The lowest BCUT2D eigenvalue weighted by Crippen LogP contribution is -2.19. The predicted octanol–water partition coefficient (Wildman–Crippen LogP) is 1.75. The summed E-state index contributed by atoms with van der Waals surface area (Å²) < 4.78 is 10.6. The molecule has 0 aliphatic heterocycles. The number of rotatable bonds is 6. The van der Waals surface area contributed by atoms with Crippen LogP contribution in [-0.2, 0) is 9.47 Å². The van der Waals surface area contributed by atoms with Crippen LogP contribution in [0.3, 0.4) is 0 Å². The van der Waals surface area contributed by atoms with Gasteiger partial charge in [-0.1, -0.05) is 0 Å². The molecule has 3 heteroatoms. The molecule has 0 rings (SSSR count). The van der Waals surface area contributed by atoms with E-state index in [0.29, 0.717) is 0 Å². The largest absolute Gasteiger partial charge is 0.352 e. The lowest BCUT2D eigenvalue weighted by Gasteiger charge is -2.14. The molecular weight excluding hydrogens is 148 g/mol. The van der Waals surface area contributed by atoms with Gasteiger partial charge in [-0.05, 0) is 20.1 Å². The molecule has 0 atom stereocenters. The Bertz CT molecular complexity index is 54.4. The average Bonchev–Trinajstić information content (AvgIpc) is 1.90. The van der Waals surface area contributed by atoms with Crippen molar-refractivity contribution >= 4 is 11.8 Å². The van der Waals surface area contributed by atoms with Crippen molar-refractivity contribution in [3.05, 3.63) is 0 Å². The van der Waals surface area contributed by atoms with Crippen molar-refractivity contribution in [3.63, 3.8) is 0 Å². The highest BCUT2D eigenvalue weighted by Gasteiger charge is 2.04. The van der Waals surface area contributed by atoms with E-state index in [1.54, 1.807) is 11.8 Å². The molecule has 10 heavy (non-hydrogen) atoms. The van der Waals surface area contributed by atoms with Crippen LogP contribution >= 0.6 is 11.8 Å². The smallest absolute Gasteiger partial charge is 0.166 e. The van der Waals surface area contributed by atoms with E-state index in [2.05, 4.69) is 0 Å². The van der Waals surface area contributed by atoms with Gasteiger partial charge in [0, 0.05) is 19.0 Å². The molecule has 0 spiro atoms. The third-order valence-electron chi connectivity index (χ3n) is 1.01. The normalized spacial score (nSPS) is 10.8. The van der Waals surface area contributed by atoms with Gasteiger partial charge < -0.3 is 9.47 Å². The van der Waals surface area contributed by atoms with Gasteiger partial charge in [-0.2, -0.15) is 11.8 Å². The Morgan fingerprint density at radius 3 is 2.00 bits per heavy atom. The van der Waals surface area contributed by atoms with Gasteiger partial charge in [-0.15, -0.1) is 0 Å². The summed E-state index contributed by atoms with van der Waals surface area (Å²) in [7, 11) is 0. The van der Waals surface area contributed by atoms with Crippen LogP contribution in [0.15, 0.2) is 0 Å². The van der Waals surface area contributed by atoms with E-state index in [9.17, 15) is 0 Å². The van der Waals surface area contributed by atoms with Crippen LogP contribution in [-0.4, -0.2) is 31.5 Å². The fourth-order valence-electron chi connectivity index (χ4n) is 0.652. The summed E-state index contributed by atoms with van der Waals surface area (Å²) in [6.45, 7) is 5.41. The van der Waals surface area contributed by atoms with E-state index in [0.717, 1.165) is 19.0 Å². The van der Waals surface area contributed by atoms with Gasteiger partial charge in [-0.3, -0.25) is 0 Å². The number of hydrogen-bond acceptors (Lipinski definition) is 3. The Hall–Kier alpha value is 0.270. The first-order chi connectivity index (χ1) is 4.85. The van der Waals surface area contributed by atoms with E-state index >= 15 is 0 Å². The number of ether oxygens (including phenoxy) is 2. The van der Waals surface area contributed by atoms with Crippen LogP contribution in [0, 0.1) is 0 Å². The molecule has 0 heterocycles. The minimum atomic E-state index is -0.00926. The second-order valence-corrected chi connectivity index (χ2v) is 2.71. The fraction of sp³-hybridized carbons (Fsp3) is 1.00. The van der Waals surface area contributed by atoms with Crippen LogP contribution in [0.2, 0.25) is 0 Å². The lowest BCUT2D eigenvalue weighted by molar-refractivity contribution is -0.120. The predicted molar refractivity (Wildman–Crippen MR) is 45.4 cm³/mol. The first-order valence-corrected chi connectivity index (χ1v) is 4.96. The van der Waals surface area contributed by atoms with Crippen LogP contribution in [0.25, 0.3) is 0 Å². The van der Waals surface area contributed by atoms with Gasteiger partial charge in [0.05, 0.1) is 0 Å². The highest BCUT2D eigenvalue weighted by Crippen LogP contribution is 2.02. The zero-order chi connectivity index (χ0) is 7.82. The first-order valence-electron chi connectivity index (χ1n) is 3.57. The van der Waals surface area contributed by atoms with Crippen molar-refractivity contribution < 1.29 is 9.47 Å². The summed E-state index contributed by atoms with van der Waals surface area (Å²) in [6.07, 6.45) is 2.04. The van der Waals surface area contributed by atoms with Gasteiger partial charge in [0.2, 0.25) is 0 Å². The first kappa shape index (κ1) is 10.3. The molecular formula is C7H16O2S. The number of thioether (sulfide) groups is 1. The third-order valence-corrected chi connectivity index (χ3v) is 1.61. The molecule has 0 saturated carbocycles. The molecule has 0 aromatic rings. The van der Waals surface area contributed by atoms with Crippen molar-refractivity contribution in [2.45, 2.75) is 20.1 Å². The molecule has 0 fully saturated rings. The zero-order valence-corrected chi connectivity index (χ0v) is 7.74. The molecule has 0 amide bonds.